The van der Waals surface area contributed by atoms with Crippen molar-refractivity contribution >= 4 is 46.4 Å². The molecule has 2 rings (SSSR count). The molecule has 0 fully saturated rings. The Morgan fingerprint density at radius 2 is 1.93 bits per heavy atom. The fraction of sp³-hybridized carbons (Fsp3) is 0.333. The first-order valence-electron chi connectivity index (χ1n) is 8.25. The van der Waals surface area contributed by atoms with Crippen molar-refractivity contribution < 1.29 is 19.1 Å². The molecule has 0 aliphatic heterocycles. The zero-order valence-electron chi connectivity index (χ0n) is 15.1. The number of amides is 2. The van der Waals surface area contributed by atoms with Crippen LogP contribution in [-0.4, -0.2) is 34.9 Å². The molecule has 0 saturated heterocycles. The number of ether oxygens (including phenoxy) is 1. The Labute approximate surface area is 166 Å². The highest BCUT2D eigenvalue weighted by atomic mass is 35.5. The molecule has 0 radical (unpaired) electrons. The number of pyridine rings is 1. The standard InChI is InChI=1S/C18H20ClN3O4S/c1-10(2)14(22-17(24)13-7-5-9-27-13)18(25)26-11(3)16(23)21-12-6-4-8-20-15(12)19/h4-11,14H,1-3H3,(H,21,23)(H,22,24)/t11-,14-/m1/s1. The first-order valence-corrected chi connectivity index (χ1v) is 9.51. The topological polar surface area (TPSA) is 97.4 Å². The van der Waals surface area contributed by atoms with E-state index in [9.17, 15) is 14.4 Å². The lowest BCUT2D eigenvalue weighted by Crippen LogP contribution is -2.47. The van der Waals surface area contributed by atoms with Crippen molar-refractivity contribution in [2.45, 2.75) is 32.9 Å². The van der Waals surface area contributed by atoms with E-state index < -0.39 is 24.0 Å². The van der Waals surface area contributed by atoms with Gasteiger partial charge in [0.1, 0.15) is 6.04 Å². The van der Waals surface area contributed by atoms with Crippen LogP contribution in [-0.2, 0) is 14.3 Å². The third kappa shape index (κ3) is 5.77. The largest absolute Gasteiger partial charge is 0.451 e. The second-order valence-corrected chi connectivity index (χ2v) is 7.39. The maximum atomic E-state index is 12.5. The number of carbonyl (C=O) groups is 3. The number of aromatic nitrogens is 1. The number of hydrogen-bond acceptors (Lipinski definition) is 6. The summed E-state index contributed by atoms with van der Waals surface area (Å²) in [6, 6.07) is 5.73. The normalized spacial score (nSPS) is 12.9. The van der Waals surface area contributed by atoms with Crippen molar-refractivity contribution in [3.05, 3.63) is 45.9 Å². The highest BCUT2D eigenvalue weighted by Crippen LogP contribution is 2.18. The van der Waals surface area contributed by atoms with Gasteiger partial charge >= 0.3 is 5.97 Å². The van der Waals surface area contributed by atoms with E-state index in [-0.39, 0.29) is 17.0 Å². The molecule has 2 amide bonds. The van der Waals surface area contributed by atoms with Crippen LogP contribution in [0.4, 0.5) is 5.69 Å². The molecule has 2 heterocycles. The lowest BCUT2D eigenvalue weighted by molar-refractivity contribution is -0.156. The van der Waals surface area contributed by atoms with Gasteiger partial charge in [-0.3, -0.25) is 9.59 Å². The fourth-order valence-electron chi connectivity index (χ4n) is 2.13. The average molecular weight is 410 g/mol. The second-order valence-electron chi connectivity index (χ2n) is 6.08. The third-order valence-corrected chi connectivity index (χ3v) is 4.80. The summed E-state index contributed by atoms with van der Waals surface area (Å²) in [5.74, 6) is -1.82. The molecular weight excluding hydrogens is 390 g/mol. The summed E-state index contributed by atoms with van der Waals surface area (Å²) in [6.45, 7) is 5.00. The Bertz CT molecular complexity index is 811. The number of esters is 1. The number of anilines is 1. The van der Waals surface area contributed by atoms with Crippen molar-refractivity contribution in [2.75, 3.05) is 5.32 Å². The first kappa shape index (κ1) is 20.9. The van der Waals surface area contributed by atoms with Crippen LogP contribution in [0.15, 0.2) is 35.8 Å². The zero-order valence-corrected chi connectivity index (χ0v) is 16.6. The highest BCUT2D eigenvalue weighted by molar-refractivity contribution is 7.12. The van der Waals surface area contributed by atoms with Gasteiger partial charge in [-0.15, -0.1) is 11.3 Å². The van der Waals surface area contributed by atoms with Crippen LogP contribution in [0.25, 0.3) is 0 Å². The summed E-state index contributed by atoms with van der Waals surface area (Å²) in [5, 5.41) is 7.11. The molecule has 2 aromatic heterocycles. The predicted molar refractivity (Wildman–Crippen MR) is 104 cm³/mol. The Morgan fingerprint density at radius 3 is 2.52 bits per heavy atom. The Hall–Kier alpha value is -2.45. The number of nitrogens with one attached hydrogen (secondary N) is 2. The molecule has 0 bridgehead atoms. The molecule has 2 atom stereocenters. The van der Waals surface area contributed by atoms with Crippen molar-refractivity contribution in [1.82, 2.24) is 10.3 Å². The van der Waals surface area contributed by atoms with Crippen LogP contribution in [0.1, 0.15) is 30.4 Å². The SMILES string of the molecule is CC(C)[C@@H](NC(=O)c1cccs1)C(=O)O[C@H](C)C(=O)Nc1cccnc1Cl. The van der Waals surface area contributed by atoms with E-state index in [2.05, 4.69) is 15.6 Å². The number of carbonyl (C=O) groups excluding carboxylic acids is 3. The van der Waals surface area contributed by atoms with Gasteiger partial charge in [0, 0.05) is 6.20 Å². The van der Waals surface area contributed by atoms with E-state index in [1.54, 1.807) is 43.5 Å². The number of halogens is 1. The summed E-state index contributed by atoms with van der Waals surface area (Å²) in [6.07, 6.45) is 0.416. The number of nitrogens with zero attached hydrogens (tertiary/aromatic N) is 1. The van der Waals surface area contributed by atoms with Gasteiger partial charge in [0.15, 0.2) is 11.3 Å². The number of rotatable bonds is 7. The minimum absolute atomic E-state index is 0.132. The van der Waals surface area contributed by atoms with Gasteiger partial charge in [-0.05, 0) is 36.4 Å². The van der Waals surface area contributed by atoms with E-state index in [1.807, 2.05) is 0 Å². The minimum Gasteiger partial charge on any atom is -0.451 e. The van der Waals surface area contributed by atoms with Gasteiger partial charge in [0.05, 0.1) is 10.6 Å². The van der Waals surface area contributed by atoms with Gasteiger partial charge in [0.2, 0.25) is 0 Å². The summed E-state index contributed by atoms with van der Waals surface area (Å²) in [5.41, 5.74) is 0.318. The fourth-order valence-corrected chi connectivity index (χ4v) is 2.93. The molecule has 0 unspecified atom stereocenters. The maximum absolute atomic E-state index is 12.5. The quantitative estimate of drug-likeness (QED) is 0.541. The number of thiophene rings is 1. The van der Waals surface area contributed by atoms with Crippen LogP contribution >= 0.6 is 22.9 Å². The minimum atomic E-state index is -1.08. The van der Waals surface area contributed by atoms with Gasteiger partial charge in [-0.2, -0.15) is 0 Å². The molecule has 7 nitrogen and oxygen atoms in total. The molecule has 0 saturated carbocycles. The van der Waals surface area contributed by atoms with Gasteiger partial charge in [0.25, 0.3) is 11.8 Å². The first-order chi connectivity index (χ1) is 12.8. The van der Waals surface area contributed by atoms with Crippen LogP contribution in [0.2, 0.25) is 5.15 Å². The van der Waals surface area contributed by atoms with Crippen molar-refractivity contribution in [1.29, 1.82) is 0 Å². The highest BCUT2D eigenvalue weighted by Gasteiger charge is 2.29. The lowest BCUT2D eigenvalue weighted by atomic mass is 10.0. The van der Waals surface area contributed by atoms with Gasteiger partial charge < -0.3 is 15.4 Å². The van der Waals surface area contributed by atoms with Crippen LogP contribution < -0.4 is 10.6 Å². The molecule has 0 aliphatic rings. The van der Waals surface area contributed by atoms with E-state index in [4.69, 9.17) is 16.3 Å². The summed E-state index contributed by atoms with van der Waals surface area (Å²) < 4.78 is 5.24. The molecule has 0 aromatic carbocycles. The molecule has 27 heavy (non-hydrogen) atoms. The smallest absolute Gasteiger partial charge is 0.329 e. The van der Waals surface area contributed by atoms with Gasteiger partial charge in [-0.1, -0.05) is 31.5 Å². The van der Waals surface area contributed by atoms with Crippen molar-refractivity contribution in [2.24, 2.45) is 5.92 Å². The van der Waals surface area contributed by atoms with Crippen molar-refractivity contribution in [3.8, 4) is 0 Å². The van der Waals surface area contributed by atoms with Crippen LogP contribution in [0.3, 0.4) is 0 Å². The van der Waals surface area contributed by atoms with E-state index in [1.165, 1.54) is 24.5 Å². The monoisotopic (exact) mass is 409 g/mol. The summed E-state index contributed by atoms with van der Waals surface area (Å²) in [7, 11) is 0. The molecule has 0 aliphatic carbocycles. The molecule has 144 valence electrons. The molecule has 2 aromatic rings. The lowest BCUT2D eigenvalue weighted by Gasteiger charge is -2.22. The molecule has 9 heteroatoms. The molecule has 2 N–H and O–H groups in total. The maximum Gasteiger partial charge on any atom is 0.329 e. The zero-order chi connectivity index (χ0) is 20.0. The van der Waals surface area contributed by atoms with E-state index in [0.29, 0.717) is 10.6 Å². The van der Waals surface area contributed by atoms with E-state index >= 15 is 0 Å². The Balaban J connectivity index is 1.98. The Kier molecular flexibility index (Phi) is 7.32. The second kappa shape index (κ2) is 9.48. The third-order valence-electron chi connectivity index (χ3n) is 3.63. The van der Waals surface area contributed by atoms with Crippen molar-refractivity contribution in [3.63, 3.8) is 0 Å². The van der Waals surface area contributed by atoms with Crippen LogP contribution in [0.5, 0.6) is 0 Å². The summed E-state index contributed by atoms with van der Waals surface area (Å²) in [4.78, 5) is 41.3. The molecule has 0 spiro atoms. The predicted octanol–water partition coefficient (Wildman–Crippen LogP) is 3.12. The number of hydrogen-bond donors (Lipinski definition) is 2. The molecular formula is C18H20ClN3O4S. The average Bonchev–Trinajstić information content (AvgIpc) is 3.15. The van der Waals surface area contributed by atoms with Crippen LogP contribution in [0, 0.1) is 5.92 Å². The van der Waals surface area contributed by atoms with E-state index in [0.717, 1.165) is 0 Å². The summed E-state index contributed by atoms with van der Waals surface area (Å²) >= 11 is 7.17. The Morgan fingerprint density at radius 1 is 1.19 bits per heavy atom. The van der Waals surface area contributed by atoms with Gasteiger partial charge in [-0.25, -0.2) is 9.78 Å².